The molecular formula is C12H22N2O2S. The van der Waals surface area contributed by atoms with Crippen LogP contribution in [0.4, 0.5) is 0 Å². The van der Waals surface area contributed by atoms with Gasteiger partial charge in [0.2, 0.25) is 0 Å². The Morgan fingerprint density at radius 3 is 2.53 bits per heavy atom. The highest BCUT2D eigenvalue weighted by molar-refractivity contribution is 7.99. The van der Waals surface area contributed by atoms with Crippen molar-refractivity contribution in [1.82, 2.24) is 9.78 Å². The molecule has 1 rings (SSSR count). The van der Waals surface area contributed by atoms with Crippen LogP contribution in [0, 0.1) is 0 Å². The molecule has 0 saturated carbocycles. The molecule has 4 nitrogen and oxygen atoms in total. The molecule has 0 aliphatic rings. The molecule has 0 saturated heterocycles. The minimum Gasteiger partial charge on any atom is -0.493 e. The van der Waals surface area contributed by atoms with Crippen LogP contribution < -0.4 is 4.74 Å². The molecule has 0 aliphatic heterocycles. The first-order valence-electron chi connectivity index (χ1n) is 5.88. The highest BCUT2D eigenvalue weighted by Crippen LogP contribution is 2.30. The Morgan fingerprint density at radius 1 is 1.41 bits per heavy atom. The summed E-state index contributed by atoms with van der Waals surface area (Å²) in [6.07, 6.45) is 1.13. The fourth-order valence-electron chi connectivity index (χ4n) is 1.60. The molecule has 1 atom stereocenters. The molecule has 0 aliphatic carbocycles. The first kappa shape index (κ1) is 14.4. The molecule has 0 amide bonds. The molecule has 98 valence electrons. The lowest BCUT2D eigenvalue weighted by molar-refractivity contribution is 0.184. The third-order valence-electron chi connectivity index (χ3n) is 2.41. The Bertz CT molecular complexity index is 350. The molecular weight excluding hydrogens is 236 g/mol. The van der Waals surface area contributed by atoms with Crippen molar-refractivity contribution in [3.8, 4) is 5.75 Å². The molecule has 1 N–H and O–H groups in total. The average molecular weight is 258 g/mol. The van der Waals surface area contributed by atoms with Crippen LogP contribution in [-0.4, -0.2) is 33.0 Å². The average Bonchev–Trinajstić information content (AvgIpc) is 2.69. The topological polar surface area (TPSA) is 47.3 Å². The summed E-state index contributed by atoms with van der Waals surface area (Å²) in [5.41, 5.74) is 0.774. The van der Waals surface area contributed by atoms with E-state index in [1.807, 2.05) is 18.5 Å². The lowest BCUT2D eigenvalue weighted by Gasteiger charge is -2.17. The third-order valence-corrected chi connectivity index (χ3v) is 3.59. The zero-order valence-electron chi connectivity index (χ0n) is 11.2. The first-order valence-corrected chi connectivity index (χ1v) is 6.93. The SMILES string of the molecule is COc1cnn(C(C)C)c1C(O)CSC(C)C. The Hall–Kier alpha value is -0.680. The van der Waals surface area contributed by atoms with Gasteiger partial charge in [-0.05, 0) is 19.1 Å². The molecule has 1 aromatic rings. The maximum atomic E-state index is 10.2. The van der Waals surface area contributed by atoms with Gasteiger partial charge in [0.25, 0.3) is 0 Å². The van der Waals surface area contributed by atoms with Gasteiger partial charge < -0.3 is 9.84 Å². The van der Waals surface area contributed by atoms with E-state index in [1.165, 1.54) is 0 Å². The van der Waals surface area contributed by atoms with Crippen LogP contribution in [0.1, 0.15) is 45.5 Å². The largest absolute Gasteiger partial charge is 0.493 e. The Labute approximate surface area is 107 Å². The molecule has 1 heterocycles. The zero-order valence-corrected chi connectivity index (χ0v) is 12.0. The number of hydrogen-bond acceptors (Lipinski definition) is 4. The Kier molecular flexibility index (Phi) is 5.33. The molecule has 0 radical (unpaired) electrons. The normalized spacial score (nSPS) is 13.4. The number of nitrogens with zero attached hydrogens (tertiary/aromatic N) is 2. The van der Waals surface area contributed by atoms with E-state index in [0.717, 1.165) is 5.69 Å². The summed E-state index contributed by atoms with van der Waals surface area (Å²) in [6, 6.07) is 0.215. The number of rotatable bonds is 6. The maximum absolute atomic E-state index is 10.2. The van der Waals surface area contributed by atoms with Crippen LogP contribution in [0.25, 0.3) is 0 Å². The second-order valence-corrected chi connectivity index (χ2v) is 6.14. The second-order valence-electron chi connectivity index (χ2n) is 4.53. The van der Waals surface area contributed by atoms with Gasteiger partial charge in [0, 0.05) is 11.8 Å². The van der Waals surface area contributed by atoms with E-state index in [1.54, 1.807) is 25.1 Å². The van der Waals surface area contributed by atoms with Gasteiger partial charge in [0.1, 0.15) is 11.8 Å². The molecule has 17 heavy (non-hydrogen) atoms. The predicted octanol–water partition coefficient (Wildman–Crippen LogP) is 2.65. The van der Waals surface area contributed by atoms with E-state index in [0.29, 0.717) is 16.8 Å². The highest BCUT2D eigenvalue weighted by Gasteiger charge is 2.21. The van der Waals surface area contributed by atoms with Gasteiger partial charge in [-0.25, -0.2) is 0 Å². The summed E-state index contributed by atoms with van der Waals surface area (Å²) >= 11 is 1.73. The van der Waals surface area contributed by atoms with Crippen molar-refractivity contribution in [1.29, 1.82) is 0 Å². The number of ether oxygens (including phenoxy) is 1. The lowest BCUT2D eigenvalue weighted by Crippen LogP contribution is -2.14. The Balaban J connectivity index is 2.89. The standard InChI is InChI=1S/C12H22N2O2S/c1-8(2)14-12(11(16-5)6-13-14)10(15)7-17-9(3)4/h6,8-10,15H,7H2,1-5H3. The predicted molar refractivity (Wildman–Crippen MR) is 71.7 cm³/mol. The molecule has 0 fully saturated rings. The molecule has 1 aromatic heterocycles. The summed E-state index contributed by atoms with van der Waals surface area (Å²) in [7, 11) is 1.60. The molecule has 1 unspecified atom stereocenters. The number of aliphatic hydroxyl groups excluding tert-OH is 1. The van der Waals surface area contributed by atoms with Crippen LogP contribution >= 0.6 is 11.8 Å². The minimum atomic E-state index is -0.540. The number of aliphatic hydroxyl groups is 1. The summed E-state index contributed by atoms with van der Waals surface area (Å²) in [6.45, 7) is 8.32. The molecule has 0 bridgehead atoms. The summed E-state index contributed by atoms with van der Waals surface area (Å²) in [4.78, 5) is 0. The monoisotopic (exact) mass is 258 g/mol. The van der Waals surface area contributed by atoms with E-state index < -0.39 is 6.10 Å². The summed E-state index contributed by atoms with van der Waals surface area (Å²) < 4.78 is 7.08. The van der Waals surface area contributed by atoms with E-state index in [4.69, 9.17) is 4.74 Å². The highest BCUT2D eigenvalue weighted by atomic mass is 32.2. The van der Waals surface area contributed by atoms with Crippen molar-refractivity contribution >= 4 is 11.8 Å². The Morgan fingerprint density at radius 2 is 2.06 bits per heavy atom. The van der Waals surface area contributed by atoms with Crippen LogP contribution in [-0.2, 0) is 0 Å². The number of thioether (sulfide) groups is 1. The summed E-state index contributed by atoms with van der Waals surface area (Å²) in [5, 5.41) is 15.0. The quantitative estimate of drug-likeness (QED) is 0.852. The van der Waals surface area contributed by atoms with Gasteiger partial charge in [0.05, 0.1) is 13.3 Å². The van der Waals surface area contributed by atoms with Crippen LogP contribution in [0.3, 0.4) is 0 Å². The van der Waals surface area contributed by atoms with Gasteiger partial charge in [-0.15, -0.1) is 0 Å². The van der Waals surface area contributed by atoms with E-state index >= 15 is 0 Å². The van der Waals surface area contributed by atoms with Crippen molar-refractivity contribution in [2.24, 2.45) is 0 Å². The van der Waals surface area contributed by atoms with Crippen LogP contribution in [0.2, 0.25) is 0 Å². The van der Waals surface area contributed by atoms with Gasteiger partial charge >= 0.3 is 0 Å². The van der Waals surface area contributed by atoms with Gasteiger partial charge in [0.15, 0.2) is 5.75 Å². The van der Waals surface area contributed by atoms with Crippen molar-refractivity contribution < 1.29 is 9.84 Å². The van der Waals surface area contributed by atoms with Crippen LogP contribution in [0.15, 0.2) is 6.20 Å². The maximum Gasteiger partial charge on any atom is 0.162 e. The zero-order chi connectivity index (χ0) is 13.0. The lowest BCUT2D eigenvalue weighted by atomic mass is 10.2. The van der Waals surface area contributed by atoms with E-state index in [9.17, 15) is 5.11 Å². The smallest absolute Gasteiger partial charge is 0.162 e. The molecule has 0 aromatic carbocycles. The van der Waals surface area contributed by atoms with Crippen molar-refractivity contribution in [2.75, 3.05) is 12.9 Å². The molecule has 0 spiro atoms. The van der Waals surface area contributed by atoms with E-state index in [-0.39, 0.29) is 6.04 Å². The van der Waals surface area contributed by atoms with Crippen LogP contribution in [0.5, 0.6) is 5.75 Å². The number of methoxy groups -OCH3 is 1. The summed E-state index contributed by atoms with van der Waals surface area (Å²) in [5.74, 6) is 1.32. The third kappa shape index (κ3) is 3.64. The van der Waals surface area contributed by atoms with Crippen molar-refractivity contribution in [3.63, 3.8) is 0 Å². The fraction of sp³-hybridized carbons (Fsp3) is 0.750. The minimum absolute atomic E-state index is 0.215. The van der Waals surface area contributed by atoms with Gasteiger partial charge in [-0.1, -0.05) is 13.8 Å². The van der Waals surface area contributed by atoms with Gasteiger partial charge in [-0.2, -0.15) is 16.9 Å². The van der Waals surface area contributed by atoms with Crippen molar-refractivity contribution in [2.45, 2.75) is 45.1 Å². The van der Waals surface area contributed by atoms with Crippen molar-refractivity contribution in [3.05, 3.63) is 11.9 Å². The number of hydrogen-bond donors (Lipinski definition) is 1. The fourth-order valence-corrected chi connectivity index (χ4v) is 2.33. The second kappa shape index (κ2) is 6.31. The van der Waals surface area contributed by atoms with E-state index in [2.05, 4.69) is 18.9 Å². The van der Waals surface area contributed by atoms with Gasteiger partial charge in [-0.3, -0.25) is 4.68 Å². The number of aromatic nitrogens is 2. The first-order chi connectivity index (χ1) is 7.97. The molecule has 5 heteroatoms.